The number of pyridine rings is 1. The van der Waals surface area contributed by atoms with Crippen molar-refractivity contribution in [3.05, 3.63) is 41.2 Å². The summed E-state index contributed by atoms with van der Waals surface area (Å²) < 4.78 is 0. The Morgan fingerprint density at radius 2 is 2.24 bits per heavy atom. The van der Waals surface area contributed by atoms with Gasteiger partial charge in [-0.2, -0.15) is 5.10 Å². The topological polar surface area (TPSA) is 83.6 Å². The number of carbonyl (C=O) groups is 1. The van der Waals surface area contributed by atoms with Crippen molar-refractivity contribution < 1.29 is 4.79 Å². The lowest BCUT2D eigenvalue weighted by Gasteiger charge is -2.02. The van der Waals surface area contributed by atoms with Crippen LogP contribution in [0.2, 0.25) is 0 Å². The Hall–Kier alpha value is -2.24. The summed E-state index contributed by atoms with van der Waals surface area (Å²) in [5.41, 5.74) is 1.49. The number of aromatic nitrogens is 4. The second-order valence-electron chi connectivity index (χ2n) is 3.77. The smallest absolute Gasteiger partial charge is 0.253 e. The highest BCUT2D eigenvalue weighted by Gasteiger charge is 2.07. The molecular weight excluding hydrogens is 218 g/mol. The number of aromatic amines is 1. The zero-order valence-corrected chi connectivity index (χ0v) is 9.69. The molecule has 0 aromatic carbocycles. The van der Waals surface area contributed by atoms with Crippen molar-refractivity contribution in [1.29, 1.82) is 0 Å². The predicted octanol–water partition coefficient (Wildman–Crippen LogP) is 0.747. The molecular formula is C11H13N5O. The maximum absolute atomic E-state index is 11.8. The minimum Gasteiger partial charge on any atom is -0.345 e. The molecule has 2 N–H and O–H groups in total. The summed E-state index contributed by atoms with van der Waals surface area (Å²) in [5, 5.41) is 9.38. The molecule has 0 atom stereocenters. The molecule has 88 valence electrons. The van der Waals surface area contributed by atoms with Crippen LogP contribution >= 0.6 is 0 Å². The number of nitrogens with zero attached hydrogens (tertiary/aromatic N) is 3. The Labute approximate surface area is 98.5 Å². The largest absolute Gasteiger partial charge is 0.345 e. The van der Waals surface area contributed by atoms with Gasteiger partial charge in [-0.1, -0.05) is 0 Å². The summed E-state index contributed by atoms with van der Waals surface area (Å²) >= 11 is 0. The van der Waals surface area contributed by atoms with Gasteiger partial charge in [-0.25, -0.2) is 4.98 Å². The van der Waals surface area contributed by atoms with Crippen molar-refractivity contribution in [1.82, 2.24) is 25.5 Å². The summed E-state index contributed by atoms with van der Waals surface area (Å²) in [5.74, 6) is 1.12. The summed E-state index contributed by atoms with van der Waals surface area (Å²) in [6.07, 6.45) is 3.24. The van der Waals surface area contributed by atoms with Crippen LogP contribution < -0.4 is 5.32 Å². The highest BCUT2D eigenvalue weighted by atomic mass is 16.1. The number of nitrogens with one attached hydrogen (secondary N) is 2. The van der Waals surface area contributed by atoms with Crippen LogP contribution in [-0.2, 0) is 6.54 Å². The number of H-pyrrole nitrogens is 1. The standard InChI is InChI=1S/C11H13N5O/c1-7-3-9(5-12-4-7)11(17)13-6-10-14-8(2)15-16-10/h3-5H,6H2,1-2H3,(H,13,17)(H,14,15,16). The molecule has 2 heterocycles. The van der Waals surface area contributed by atoms with Gasteiger partial charge >= 0.3 is 0 Å². The van der Waals surface area contributed by atoms with E-state index in [4.69, 9.17) is 0 Å². The first-order chi connectivity index (χ1) is 8.15. The fraction of sp³-hybridized carbons (Fsp3) is 0.273. The van der Waals surface area contributed by atoms with Crippen molar-refractivity contribution in [2.45, 2.75) is 20.4 Å². The maximum Gasteiger partial charge on any atom is 0.253 e. The van der Waals surface area contributed by atoms with Crippen molar-refractivity contribution in [2.24, 2.45) is 0 Å². The van der Waals surface area contributed by atoms with Gasteiger partial charge in [0.25, 0.3) is 5.91 Å². The van der Waals surface area contributed by atoms with E-state index in [2.05, 4.69) is 25.5 Å². The molecule has 6 heteroatoms. The highest BCUT2D eigenvalue weighted by Crippen LogP contribution is 2.01. The molecule has 0 saturated carbocycles. The number of hydrogen-bond donors (Lipinski definition) is 2. The average Bonchev–Trinajstić information content (AvgIpc) is 2.72. The summed E-state index contributed by atoms with van der Waals surface area (Å²) in [6, 6.07) is 1.78. The average molecular weight is 231 g/mol. The van der Waals surface area contributed by atoms with Crippen LogP contribution in [0.25, 0.3) is 0 Å². The first-order valence-electron chi connectivity index (χ1n) is 5.23. The minimum atomic E-state index is -0.177. The maximum atomic E-state index is 11.8. The number of rotatable bonds is 3. The molecule has 0 radical (unpaired) electrons. The Kier molecular flexibility index (Phi) is 3.13. The molecule has 0 spiro atoms. The molecule has 2 aromatic heterocycles. The van der Waals surface area contributed by atoms with E-state index in [0.29, 0.717) is 17.9 Å². The van der Waals surface area contributed by atoms with Gasteiger partial charge in [-0.05, 0) is 25.5 Å². The summed E-state index contributed by atoms with van der Waals surface area (Å²) in [7, 11) is 0. The first-order valence-corrected chi connectivity index (χ1v) is 5.23. The zero-order chi connectivity index (χ0) is 12.3. The van der Waals surface area contributed by atoms with Crippen molar-refractivity contribution in [2.75, 3.05) is 0 Å². The van der Waals surface area contributed by atoms with Crippen LogP contribution in [0.4, 0.5) is 0 Å². The minimum absolute atomic E-state index is 0.177. The van der Waals surface area contributed by atoms with Gasteiger partial charge in [-0.15, -0.1) is 0 Å². The Bertz CT molecular complexity index is 534. The summed E-state index contributed by atoms with van der Waals surface area (Å²) in [4.78, 5) is 19.8. The molecule has 6 nitrogen and oxygen atoms in total. The van der Waals surface area contributed by atoms with Gasteiger partial charge in [-0.3, -0.25) is 14.9 Å². The lowest BCUT2D eigenvalue weighted by atomic mass is 10.2. The summed E-state index contributed by atoms with van der Waals surface area (Å²) in [6.45, 7) is 4.00. The van der Waals surface area contributed by atoms with Gasteiger partial charge < -0.3 is 5.32 Å². The van der Waals surface area contributed by atoms with E-state index in [1.165, 1.54) is 6.20 Å². The third kappa shape index (κ3) is 2.87. The van der Waals surface area contributed by atoms with Crippen LogP contribution in [0.15, 0.2) is 18.5 Å². The second-order valence-corrected chi connectivity index (χ2v) is 3.77. The van der Waals surface area contributed by atoms with Crippen LogP contribution in [0.5, 0.6) is 0 Å². The molecule has 1 amide bonds. The third-order valence-corrected chi connectivity index (χ3v) is 2.19. The van der Waals surface area contributed by atoms with Crippen LogP contribution in [-0.4, -0.2) is 26.1 Å². The van der Waals surface area contributed by atoms with Crippen molar-refractivity contribution in [3.8, 4) is 0 Å². The van der Waals surface area contributed by atoms with E-state index in [0.717, 1.165) is 11.4 Å². The number of amides is 1. The third-order valence-electron chi connectivity index (χ3n) is 2.19. The quantitative estimate of drug-likeness (QED) is 0.816. The van der Waals surface area contributed by atoms with E-state index in [-0.39, 0.29) is 5.91 Å². The fourth-order valence-corrected chi connectivity index (χ4v) is 1.41. The molecule has 2 rings (SSSR count). The molecule has 2 aromatic rings. The van der Waals surface area contributed by atoms with E-state index in [1.807, 2.05) is 13.8 Å². The first kappa shape index (κ1) is 11.3. The van der Waals surface area contributed by atoms with Gasteiger partial charge in [0, 0.05) is 12.4 Å². The Morgan fingerprint density at radius 1 is 1.41 bits per heavy atom. The lowest BCUT2D eigenvalue weighted by Crippen LogP contribution is -2.23. The fourth-order valence-electron chi connectivity index (χ4n) is 1.41. The molecule has 0 unspecified atom stereocenters. The van der Waals surface area contributed by atoms with E-state index >= 15 is 0 Å². The molecule has 0 aliphatic rings. The highest BCUT2D eigenvalue weighted by molar-refractivity contribution is 5.93. The van der Waals surface area contributed by atoms with Gasteiger partial charge in [0.05, 0.1) is 12.1 Å². The molecule has 0 fully saturated rings. The molecule has 0 bridgehead atoms. The number of hydrogen-bond acceptors (Lipinski definition) is 4. The molecule has 17 heavy (non-hydrogen) atoms. The van der Waals surface area contributed by atoms with Gasteiger partial charge in [0.2, 0.25) is 0 Å². The van der Waals surface area contributed by atoms with Crippen LogP contribution in [0.3, 0.4) is 0 Å². The van der Waals surface area contributed by atoms with E-state index < -0.39 is 0 Å². The van der Waals surface area contributed by atoms with E-state index in [1.54, 1.807) is 12.3 Å². The Morgan fingerprint density at radius 3 is 2.88 bits per heavy atom. The SMILES string of the molecule is Cc1cncc(C(=O)NCc2n[nH]c(C)n2)c1. The predicted molar refractivity (Wildman–Crippen MR) is 61.3 cm³/mol. The van der Waals surface area contributed by atoms with Gasteiger partial charge in [0.15, 0.2) is 5.82 Å². The zero-order valence-electron chi connectivity index (χ0n) is 9.69. The molecule has 0 saturated heterocycles. The normalized spacial score (nSPS) is 10.2. The number of carbonyl (C=O) groups excluding carboxylic acids is 1. The second kappa shape index (κ2) is 4.73. The Balaban J connectivity index is 1.98. The van der Waals surface area contributed by atoms with E-state index in [9.17, 15) is 4.79 Å². The van der Waals surface area contributed by atoms with Gasteiger partial charge in [0.1, 0.15) is 5.82 Å². The van der Waals surface area contributed by atoms with Crippen molar-refractivity contribution >= 4 is 5.91 Å². The number of aryl methyl sites for hydroxylation is 2. The lowest BCUT2D eigenvalue weighted by molar-refractivity contribution is 0.0949. The molecule has 0 aliphatic heterocycles. The van der Waals surface area contributed by atoms with Crippen molar-refractivity contribution in [3.63, 3.8) is 0 Å². The molecule has 0 aliphatic carbocycles. The van der Waals surface area contributed by atoms with Crippen LogP contribution in [0, 0.1) is 13.8 Å². The monoisotopic (exact) mass is 231 g/mol. The van der Waals surface area contributed by atoms with Crippen LogP contribution in [0.1, 0.15) is 27.6 Å².